The van der Waals surface area contributed by atoms with Crippen molar-refractivity contribution in [3.05, 3.63) is 66.2 Å². The molecule has 0 unspecified atom stereocenters. The Hall–Kier alpha value is -3.41. The number of aromatic nitrogens is 2. The summed E-state index contributed by atoms with van der Waals surface area (Å²) in [6.45, 7) is 4.36. The van der Waals surface area contributed by atoms with Gasteiger partial charge in [0.25, 0.3) is 5.91 Å². The third kappa shape index (κ3) is 4.59. The number of rotatable bonds is 5. The van der Waals surface area contributed by atoms with Crippen molar-refractivity contribution in [3.8, 4) is 17.0 Å². The predicted octanol–water partition coefficient (Wildman–Crippen LogP) is 4.64. The molecule has 0 saturated carbocycles. The molecule has 2 aromatic carbocycles. The van der Waals surface area contributed by atoms with Crippen molar-refractivity contribution in [1.82, 2.24) is 10.2 Å². The molecule has 6 nitrogen and oxygen atoms in total. The van der Waals surface area contributed by atoms with E-state index in [-0.39, 0.29) is 5.91 Å². The van der Waals surface area contributed by atoms with Gasteiger partial charge in [-0.15, -0.1) is 10.2 Å². The van der Waals surface area contributed by atoms with Gasteiger partial charge in [-0.05, 0) is 61.2 Å². The maximum Gasteiger partial charge on any atom is 0.255 e. The second-order valence-electron chi connectivity index (χ2n) is 7.71. The zero-order valence-corrected chi connectivity index (χ0v) is 17.3. The van der Waals surface area contributed by atoms with Gasteiger partial charge in [-0.2, -0.15) is 0 Å². The van der Waals surface area contributed by atoms with Gasteiger partial charge in [0, 0.05) is 29.9 Å². The number of carbonyl (C=O) groups excluding carboxylic acids is 1. The quantitative estimate of drug-likeness (QED) is 0.673. The first-order chi connectivity index (χ1) is 14.6. The van der Waals surface area contributed by atoms with E-state index < -0.39 is 0 Å². The van der Waals surface area contributed by atoms with Crippen LogP contribution in [0.4, 0.5) is 11.5 Å². The summed E-state index contributed by atoms with van der Waals surface area (Å²) in [6.07, 6.45) is 2.39. The number of amides is 1. The average Bonchev–Trinajstić information content (AvgIpc) is 2.80. The largest absolute Gasteiger partial charge is 0.497 e. The van der Waals surface area contributed by atoms with Crippen LogP contribution in [0.3, 0.4) is 0 Å². The molecular weight excluding hydrogens is 376 g/mol. The number of hydrogen-bond donors (Lipinski definition) is 1. The van der Waals surface area contributed by atoms with Crippen LogP contribution in [0.25, 0.3) is 11.3 Å². The lowest BCUT2D eigenvalue weighted by Crippen LogP contribution is -2.33. The molecule has 1 amide bonds. The average molecular weight is 402 g/mol. The fraction of sp³-hybridized carbons (Fsp3) is 0.292. The molecule has 6 heteroatoms. The van der Waals surface area contributed by atoms with E-state index in [1.807, 2.05) is 42.5 Å². The van der Waals surface area contributed by atoms with E-state index in [4.69, 9.17) is 4.74 Å². The van der Waals surface area contributed by atoms with E-state index in [1.54, 1.807) is 25.3 Å². The molecule has 3 aromatic rings. The number of nitrogens with one attached hydrogen (secondary N) is 1. The molecule has 1 aromatic heterocycles. The second kappa shape index (κ2) is 8.95. The van der Waals surface area contributed by atoms with Gasteiger partial charge in [0.2, 0.25) is 0 Å². The molecule has 0 aliphatic carbocycles. The first-order valence-electron chi connectivity index (χ1n) is 10.3. The minimum Gasteiger partial charge on any atom is -0.497 e. The molecule has 1 N–H and O–H groups in total. The van der Waals surface area contributed by atoms with Gasteiger partial charge in [-0.3, -0.25) is 4.79 Å². The van der Waals surface area contributed by atoms with Crippen LogP contribution in [0.2, 0.25) is 0 Å². The van der Waals surface area contributed by atoms with Gasteiger partial charge in [-0.25, -0.2) is 0 Å². The molecule has 1 saturated heterocycles. The third-order valence-corrected chi connectivity index (χ3v) is 5.51. The van der Waals surface area contributed by atoms with Crippen molar-refractivity contribution in [2.45, 2.75) is 19.8 Å². The smallest absolute Gasteiger partial charge is 0.255 e. The number of piperidine rings is 1. The molecule has 1 aliphatic heterocycles. The van der Waals surface area contributed by atoms with E-state index in [9.17, 15) is 4.79 Å². The van der Waals surface area contributed by atoms with Crippen molar-refractivity contribution < 1.29 is 9.53 Å². The van der Waals surface area contributed by atoms with E-state index in [0.717, 1.165) is 36.1 Å². The SMILES string of the molecule is COc1cccc(C(=O)Nc2cccc(-c3ccc(N4CCC(C)CC4)nn3)c2)c1. The molecule has 30 heavy (non-hydrogen) atoms. The zero-order valence-electron chi connectivity index (χ0n) is 17.3. The van der Waals surface area contributed by atoms with E-state index in [0.29, 0.717) is 17.0 Å². The number of methoxy groups -OCH3 is 1. The van der Waals surface area contributed by atoms with Crippen LogP contribution in [-0.4, -0.2) is 36.3 Å². The molecule has 1 aliphatic rings. The second-order valence-corrected chi connectivity index (χ2v) is 7.71. The number of benzene rings is 2. The normalized spacial score (nSPS) is 14.4. The number of nitrogens with zero attached hydrogens (tertiary/aromatic N) is 3. The Balaban J connectivity index is 1.47. The van der Waals surface area contributed by atoms with Gasteiger partial charge < -0.3 is 15.0 Å². The van der Waals surface area contributed by atoms with Gasteiger partial charge in [0.05, 0.1) is 12.8 Å². The Morgan fingerprint density at radius 3 is 2.57 bits per heavy atom. The lowest BCUT2D eigenvalue weighted by molar-refractivity contribution is 0.102. The van der Waals surface area contributed by atoms with Crippen LogP contribution < -0.4 is 15.0 Å². The molecule has 1 fully saturated rings. The summed E-state index contributed by atoms with van der Waals surface area (Å²) < 4.78 is 5.19. The first-order valence-corrected chi connectivity index (χ1v) is 10.3. The fourth-order valence-corrected chi connectivity index (χ4v) is 3.61. The van der Waals surface area contributed by atoms with Gasteiger partial charge in [0.1, 0.15) is 5.75 Å². The molecule has 0 spiro atoms. The Kier molecular flexibility index (Phi) is 5.93. The zero-order chi connectivity index (χ0) is 20.9. The maximum atomic E-state index is 12.6. The summed E-state index contributed by atoms with van der Waals surface area (Å²) in [5, 5.41) is 11.8. The molecule has 0 bridgehead atoms. The molecule has 4 rings (SSSR count). The summed E-state index contributed by atoms with van der Waals surface area (Å²) in [6, 6.07) is 18.7. The van der Waals surface area contributed by atoms with Crippen molar-refractivity contribution in [2.24, 2.45) is 5.92 Å². The summed E-state index contributed by atoms with van der Waals surface area (Å²) in [5.41, 5.74) is 2.93. The summed E-state index contributed by atoms with van der Waals surface area (Å²) in [5.74, 6) is 2.17. The van der Waals surface area contributed by atoms with Crippen LogP contribution in [-0.2, 0) is 0 Å². The van der Waals surface area contributed by atoms with Crippen LogP contribution in [0.15, 0.2) is 60.7 Å². The predicted molar refractivity (Wildman–Crippen MR) is 119 cm³/mol. The van der Waals surface area contributed by atoms with Crippen LogP contribution in [0, 0.1) is 5.92 Å². The Morgan fingerprint density at radius 2 is 1.83 bits per heavy atom. The third-order valence-electron chi connectivity index (χ3n) is 5.51. The number of hydrogen-bond acceptors (Lipinski definition) is 5. The number of ether oxygens (including phenoxy) is 1. The molecular formula is C24H26N4O2. The minimum atomic E-state index is -0.188. The van der Waals surface area contributed by atoms with Crippen molar-refractivity contribution >= 4 is 17.4 Å². The fourth-order valence-electron chi connectivity index (χ4n) is 3.61. The van der Waals surface area contributed by atoms with Crippen molar-refractivity contribution in [2.75, 3.05) is 30.4 Å². The van der Waals surface area contributed by atoms with Gasteiger partial charge >= 0.3 is 0 Å². The van der Waals surface area contributed by atoms with E-state index in [2.05, 4.69) is 27.3 Å². The Labute approximate surface area is 176 Å². The van der Waals surface area contributed by atoms with Crippen molar-refractivity contribution in [1.29, 1.82) is 0 Å². The van der Waals surface area contributed by atoms with Gasteiger partial charge in [-0.1, -0.05) is 25.1 Å². The maximum absolute atomic E-state index is 12.6. The first kappa shape index (κ1) is 19.9. The minimum absolute atomic E-state index is 0.188. The highest BCUT2D eigenvalue weighted by atomic mass is 16.5. The van der Waals surface area contributed by atoms with Crippen molar-refractivity contribution in [3.63, 3.8) is 0 Å². The van der Waals surface area contributed by atoms with E-state index in [1.165, 1.54) is 12.8 Å². The highest BCUT2D eigenvalue weighted by Gasteiger charge is 2.17. The summed E-state index contributed by atoms with van der Waals surface area (Å²) in [7, 11) is 1.58. The topological polar surface area (TPSA) is 67.3 Å². The van der Waals surface area contributed by atoms with Crippen LogP contribution >= 0.6 is 0 Å². The molecule has 2 heterocycles. The number of anilines is 2. The molecule has 0 radical (unpaired) electrons. The highest BCUT2D eigenvalue weighted by molar-refractivity contribution is 6.04. The van der Waals surface area contributed by atoms with E-state index >= 15 is 0 Å². The Morgan fingerprint density at radius 1 is 1.03 bits per heavy atom. The van der Waals surface area contributed by atoms with Crippen LogP contribution in [0.5, 0.6) is 5.75 Å². The lowest BCUT2D eigenvalue weighted by Gasteiger charge is -2.30. The highest BCUT2D eigenvalue weighted by Crippen LogP contribution is 2.25. The monoisotopic (exact) mass is 402 g/mol. The standard InChI is InChI=1S/C24H26N4O2/c1-17-11-13-28(14-12-17)23-10-9-22(26-27-23)18-5-3-7-20(15-18)25-24(29)19-6-4-8-21(16-19)30-2/h3-10,15-17H,11-14H2,1-2H3,(H,25,29). The lowest BCUT2D eigenvalue weighted by atomic mass is 9.99. The Bertz CT molecular complexity index is 1010. The van der Waals surface area contributed by atoms with Gasteiger partial charge in [0.15, 0.2) is 5.82 Å². The summed E-state index contributed by atoms with van der Waals surface area (Å²) >= 11 is 0. The molecule has 0 atom stereocenters. The summed E-state index contributed by atoms with van der Waals surface area (Å²) in [4.78, 5) is 14.9. The number of carbonyl (C=O) groups is 1. The molecule has 154 valence electrons. The van der Waals surface area contributed by atoms with Crippen LogP contribution in [0.1, 0.15) is 30.1 Å².